The molecule has 48 heavy (non-hydrogen) atoms. The molecule has 0 N–H and O–H groups in total. The molecule has 0 aliphatic carbocycles. The zero-order valence-electron chi connectivity index (χ0n) is 24.3. The lowest BCUT2D eigenvalue weighted by atomic mass is 10.1. The van der Waals surface area contributed by atoms with Gasteiger partial charge in [-0.1, -0.05) is 6.07 Å². The maximum Gasteiger partial charge on any atom is 0.266 e. The number of anilines is 2. The summed E-state index contributed by atoms with van der Waals surface area (Å²) in [5.41, 5.74) is 1.44. The summed E-state index contributed by atoms with van der Waals surface area (Å²) in [6.07, 6.45) is 0. The molecular weight excluding hydrogens is 659 g/mol. The third-order valence-corrected chi connectivity index (χ3v) is 8.13. The van der Waals surface area contributed by atoms with Crippen molar-refractivity contribution in [3.63, 3.8) is 0 Å². The predicted octanol–water partition coefficient (Wildman–Crippen LogP) is 7.63. The van der Waals surface area contributed by atoms with Gasteiger partial charge in [0.1, 0.15) is 23.0 Å². The summed E-state index contributed by atoms with van der Waals surface area (Å²) >= 11 is 11.1. The zero-order chi connectivity index (χ0) is 33.7. The Morgan fingerprint density at radius 2 is 0.812 bits per heavy atom. The maximum absolute atomic E-state index is 13.0. The van der Waals surface area contributed by atoms with Gasteiger partial charge < -0.3 is 9.47 Å². The molecule has 7 rings (SSSR count). The average Bonchev–Trinajstić information content (AvgIpc) is 3.48. The van der Waals surface area contributed by atoms with Gasteiger partial charge in [-0.3, -0.25) is 28.8 Å². The van der Waals surface area contributed by atoms with Gasteiger partial charge in [0, 0.05) is 17.2 Å². The van der Waals surface area contributed by atoms with Crippen molar-refractivity contribution in [1.82, 2.24) is 0 Å². The molecule has 0 atom stereocenters. The molecule has 5 aromatic carbocycles. The lowest BCUT2D eigenvalue weighted by molar-refractivity contribution is 0.0910. The number of hydrogen-bond donors (Lipinski definition) is 0. The summed E-state index contributed by atoms with van der Waals surface area (Å²) in [4.78, 5) is 77.0. The van der Waals surface area contributed by atoms with E-state index in [4.69, 9.17) is 32.7 Å². The SMILES string of the molecule is O=C(Cl)c1ccc2c(c1)C(=O)N(c1ccc(Oc3cccc(Oc4ccc(N5C(=O)c6ccc(C(=O)Cl)cc6C5=O)cc4)c3)cc1)C2=O. The van der Waals surface area contributed by atoms with Crippen LogP contribution in [0, 0.1) is 0 Å². The van der Waals surface area contributed by atoms with Crippen molar-refractivity contribution in [3.8, 4) is 23.0 Å². The molecule has 0 aromatic heterocycles. The van der Waals surface area contributed by atoms with Crippen LogP contribution in [0.15, 0.2) is 109 Å². The molecule has 234 valence electrons. The van der Waals surface area contributed by atoms with Crippen LogP contribution in [0.25, 0.3) is 0 Å². The molecule has 0 unspecified atom stereocenters. The van der Waals surface area contributed by atoms with E-state index in [2.05, 4.69) is 0 Å². The van der Waals surface area contributed by atoms with Crippen LogP contribution in [0.1, 0.15) is 62.1 Å². The minimum atomic E-state index is -0.729. The second kappa shape index (κ2) is 11.9. The van der Waals surface area contributed by atoms with E-state index >= 15 is 0 Å². The smallest absolute Gasteiger partial charge is 0.266 e. The molecule has 2 heterocycles. The highest BCUT2D eigenvalue weighted by Gasteiger charge is 2.38. The minimum absolute atomic E-state index is 0.0989. The number of imide groups is 2. The maximum atomic E-state index is 13.0. The van der Waals surface area contributed by atoms with Gasteiger partial charge in [-0.25, -0.2) is 9.80 Å². The fourth-order valence-electron chi connectivity index (χ4n) is 5.40. The van der Waals surface area contributed by atoms with Crippen LogP contribution in [0.5, 0.6) is 23.0 Å². The fraction of sp³-hybridized carbons (Fsp3) is 0. The van der Waals surface area contributed by atoms with E-state index in [1.807, 2.05) is 0 Å². The molecule has 0 bridgehead atoms. The third-order valence-electron chi connectivity index (χ3n) is 7.69. The standard InChI is InChI=1S/C36H18Cl2N2O8/c37-31(41)19-4-14-27-29(16-19)35(45)39(33(27)43)21-6-10-23(11-7-21)47-25-2-1-3-26(18-25)48-24-12-8-22(9-13-24)40-34(44)28-15-5-20(32(38)42)17-30(28)36(40)46/h1-18H. The number of hydrogen-bond acceptors (Lipinski definition) is 8. The Morgan fingerprint density at radius 3 is 1.19 bits per heavy atom. The van der Waals surface area contributed by atoms with Crippen molar-refractivity contribution < 1.29 is 38.2 Å². The Morgan fingerprint density at radius 1 is 0.438 bits per heavy atom. The second-order valence-electron chi connectivity index (χ2n) is 10.6. The Hall–Kier alpha value is -6.10. The normalized spacial score (nSPS) is 13.5. The first-order valence-electron chi connectivity index (χ1n) is 14.2. The Bertz CT molecular complexity index is 2080. The van der Waals surface area contributed by atoms with Crippen LogP contribution in [0.2, 0.25) is 0 Å². The molecule has 4 amide bonds. The van der Waals surface area contributed by atoms with E-state index in [1.54, 1.807) is 72.8 Å². The van der Waals surface area contributed by atoms with Crippen LogP contribution in [0.3, 0.4) is 0 Å². The van der Waals surface area contributed by atoms with E-state index in [0.717, 1.165) is 9.80 Å². The first-order valence-corrected chi connectivity index (χ1v) is 15.0. The molecule has 0 fully saturated rings. The number of carbonyl (C=O) groups excluding carboxylic acids is 6. The average molecular weight is 677 g/mol. The largest absolute Gasteiger partial charge is 0.457 e. The lowest BCUT2D eigenvalue weighted by Crippen LogP contribution is -2.29. The molecule has 10 nitrogen and oxygen atoms in total. The molecule has 0 saturated heterocycles. The molecule has 0 spiro atoms. The van der Waals surface area contributed by atoms with Crippen molar-refractivity contribution >= 4 is 68.7 Å². The summed E-state index contributed by atoms with van der Waals surface area (Å²) in [5, 5.41) is -1.46. The number of nitrogens with zero attached hydrogens (tertiary/aromatic N) is 2. The van der Waals surface area contributed by atoms with Crippen molar-refractivity contribution in [2.45, 2.75) is 0 Å². The Balaban J connectivity index is 1.02. The molecule has 2 aliphatic rings. The van der Waals surface area contributed by atoms with Gasteiger partial charge in [0.25, 0.3) is 34.1 Å². The van der Waals surface area contributed by atoms with Gasteiger partial charge in [-0.05, 0) is 120 Å². The Labute approximate surface area is 281 Å². The van der Waals surface area contributed by atoms with Crippen molar-refractivity contribution in [3.05, 3.63) is 143 Å². The van der Waals surface area contributed by atoms with Gasteiger partial charge in [0.15, 0.2) is 0 Å². The van der Waals surface area contributed by atoms with Gasteiger partial charge in [0.05, 0.1) is 33.6 Å². The van der Waals surface area contributed by atoms with Gasteiger partial charge in [0.2, 0.25) is 0 Å². The van der Waals surface area contributed by atoms with E-state index in [9.17, 15) is 28.8 Å². The number of ether oxygens (including phenoxy) is 2. The lowest BCUT2D eigenvalue weighted by Gasteiger charge is -2.15. The van der Waals surface area contributed by atoms with E-state index < -0.39 is 34.1 Å². The van der Waals surface area contributed by atoms with E-state index in [-0.39, 0.29) is 33.4 Å². The second-order valence-corrected chi connectivity index (χ2v) is 11.3. The zero-order valence-corrected chi connectivity index (χ0v) is 25.8. The number of benzene rings is 5. The van der Waals surface area contributed by atoms with Crippen LogP contribution in [0.4, 0.5) is 11.4 Å². The van der Waals surface area contributed by atoms with Gasteiger partial charge in [-0.2, -0.15) is 0 Å². The first-order chi connectivity index (χ1) is 23.1. The highest BCUT2D eigenvalue weighted by Crippen LogP contribution is 2.34. The molecule has 0 saturated carbocycles. The summed E-state index contributed by atoms with van der Waals surface area (Å²) in [6, 6.07) is 27.7. The molecule has 12 heteroatoms. The number of halogens is 2. The fourth-order valence-corrected chi connectivity index (χ4v) is 5.63. The summed E-state index contributed by atoms with van der Waals surface area (Å²) < 4.78 is 11.9. The van der Waals surface area contributed by atoms with Crippen LogP contribution < -0.4 is 19.3 Å². The van der Waals surface area contributed by atoms with Crippen molar-refractivity contribution in [2.75, 3.05) is 9.80 Å². The van der Waals surface area contributed by atoms with Gasteiger partial charge >= 0.3 is 0 Å². The van der Waals surface area contributed by atoms with Gasteiger partial charge in [-0.15, -0.1) is 0 Å². The summed E-state index contributed by atoms with van der Waals surface area (Å²) in [6.45, 7) is 0. The third kappa shape index (κ3) is 5.38. The molecule has 0 radical (unpaired) electrons. The predicted molar refractivity (Wildman–Crippen MR) is 175 cm³/mol. The number of fused-ring (bicyclic) bond motifs is 2. The van der Waals surface area contributed by atoms with Crippen LogP contribution >= 0.6 is 23.2 Å². The van der Waals surface area contributed by atoms with Crippen LogP contribution in [-0.2, 0) is 0 Å². The number of amides is 4. The molecule has 2 aliphatic heterocycles. The highest BCUT2D eigenvalue weighted by atomic mass is 35.5. The van der Waals surface area contributed by atoms with E-state index in [1.165, 1.54) is 36.4 Å². The summed E-state index contributed by atoms with van der Waals surface area (Å²) in [7, 11) is 0. The van der Waals surface area contributed by atoms with Crippen molar-refractivity contribution in [2.24, 2.45) is 0 Å². The minimum Gasteiger partial charge on any atom is -0.457 e. The number of carbonyl (C=O) groups is 6. The Kier molecular flexibility index (Phi) is 7.59. The quantitative estimate of drug-likeness (QED) is 0.121. The van der Waals surface area contributed by atoms with Crippen LogP contribution in [-0.4, -0.2) is 34.1 Å². The molecular formula is C36H18Cl2N2O8. The first kappa shape index (κ1) is 30.5. The molecule has 5 aromatic rings. The van der Waals surface area contributed by atoms with E-state index in [0.29, 0.717) is 34.4 Å². The monoisotopic (exact) mass is 676 g/mol. The highest BCUT2D eigenvalue weighted by molar-refractivity contribution is 6.68. The topological polar surface area (TPSA) is 127 Å². The van der Waals surface area contributed by atoms with Crippen molar-refractivity contribution in [1.29, 1.82) is 0 Å². The summed E-state index contributed by atoms with van der Waals surface area (Å²) in [5.74, 6) is -0.430. The number of rotatable bonds is 8.